The van der Waals surface area contributed by atoms with Gasteiger partial charge in [0.15, 0.2) is 0 Å². The number of anilines is 2. The Hall–Kier alpha value is -2.68. The Morgan fingerprint density at radius 1 is 1.08 bits per heavy atom. The van der Waals surface area contributed by atoms with Crippen LogP contribution in [0.15, 0.2) is 54.6 Å². The molecule has 0 heterocycles. The molecule has 6 nitrogen and oxygen atoms in total. The lowest BCUT2D eigenvalue weighted by Gasteiger charge is -2.13. The molecule has 0 bridgehead atoms. The fourth-order valence-electron chi connectivity index (χ4n) is 2.41. The van der Waals surface area contributed by atoms with Crippen LogP contribution in [-0.2, 0) is 0 Å². The summed E-state index contributed by atoms with van der Waals surface area (Å²) in [7, 11) is 0. The second kappa shape index (κ2) is 6.44. The number of halogens is 1. The van der Waals surface area contributed by atoms with Gasteiger partial charge in [-0.05, 0) is 45.5 Å². The smallest absolute Gasteiger partial charge is 0.338 e. The Bertz CT molecular complexity index is 972. The molecule has 0 spiro atoms. The molecule has 0 unspecified atom stereocenters. The largest absolute Gasteiger partial charge is 0.478 e. The van der Waals surface area contributed by atoms with Gasteiger partial charge < -0.3 is 10.4 Å². The number of carbonyl (C=O) groups is 1. The van der Waals surface area contributed by atoms with E-state index in [-0.39, 0.29) is 11.3 Å². The van der Waals surface area contributed by atoms with Crippen LogP contribution in [0.25, 0.3) is 10.8 Å². The number of non-ortho nitro benzene ring substituents is 1. The van der Waals surface area contributed by atoms with Gasteiger partial charge >= 0.3 is 5.97 Å². The number of nitro groups is 1. The fourth-order valence-corrected chi connectivity index (χ4v) is 3.21. The van der Waals surface area contributed by atoms with Gasteiger partial charge in [-0.25, -0.2) is 4.79 Å². The molecule has 0 saturated heterocycles. The molecule has 0 atom stereocenters. The van der Waals surface area contributed by atoms with Gasteiger partial charge in [0.1, 0.15) is 0 Å². The first kappa shape index (κ1) is 16.2. The molecule has 7 heteroatoms. The number of fused-ring (bicyclic) bond motifs is 1. The van der Waals surface area contributed by atoms with E-state index in [0.717, 1.165) is 26.1 Å². The van der Waals surface area contributed by atoms with Crippen molar-refractivity contribution in [1.82, 2.24) is 0 Å². The third kappa shape index (κ3) is 3.02. The van der Waals surface area contributed by atoms with Crippen molar-refractivity contribution in [2.24, 2.45) is 0 Å². The molecule has 0 amide bonds. The minimum atomic E-state index is -1.23. The quantitative estimate of drug-likeness (QED) is 0.350. The van der Waals surface area contributed by atoms with Crippen LogP contribution in [0.1, 0.15) is 10.4 Å². The number of rotatable bonds is 4. The van der Waals surface area contributed by atoms with E-state index >= 15 is 0 Å². The summed E-state index contributed by atoms with van der Waals surface area (Å²) in [5.41, 5.74) is 0.645. The molecule has 3 rings (SSSR count). The SMILES string of the molecule is O=C(O)c1cc([N+](=O)[O-])ccc1Nc1ccc2ccccc2c1I. The zero-order chi connectivity index (χ0) is 17.3. The Balaban J connectivity index is 2.07. The molecule has 0 fully saturated rings. The molecular formula is C17H11IN2O4. The van der Waals surface area contributed by atoms with Crippen LogP contribution in [0.5, 0.6) is 0 Å². The normalized spacial score (nSPS) is 10.5. The molecular weight excluding hydrogens is 423 g/mol. The lowest BCUT2D eigenvalue weighted by atomic mass is 10.1. The molecule has 120 valence electrons. The summed E-state index contributed by atoms with van der Waals surface area (Å²) in [5.74, 6) is -1.23. The number of nitrogens with one attached hydrogen (secondary N) is 1. The van der Waals surface area contributed by atoms with Crippen LogP contribution in [0.2, 0.25) is 0 Å². The van der Waals surface area contributed by atoms with E-state index < -0.39 is 10.9 Å². The van der Waals surface area contributed by atoms with E-state index in [1.807, 2.05) is 36.4 Å². The Kier molecular flexibility index (Phi) is 4.34. The van der Waals surface area contributed by atoms with E-state index in [2.05, 4.69) is 27.9 Å². The average Bonchev–Trinajstić information content (AvgIpc) is 2.57. The average molecular weight is 434 g/mol. The van der Waals surface area contributed by atoms with Crippen LogP contribution in [-0.4, -0.2) is 16.0 Å². The summed E-state index contributed by atoms with van der Waals surface area (Å²) < 4.78 is 0.945. The predicted octanol–water partition coefficient (Wildman–Crippen LogP) is 4.79. The summed E-state index contributed by atoms with van der Waals surface area (Å²) in [4.78, 5) is 21.6. The second-order valence-electron chi connectivity index (χ2n) is 5.07. The van der Waals surface area contributed by atoms with Crippen molar-refractivity contribution in [2.75, 3.05) is 5.32 Å². The van der Waals surface area contributed by atoms with E-state index in [0.29, 0.717) is 5.69 Å². The maximum absolute atomic E-state index is 11.4. The van der Waals surface area contributed by atoms with E-state index in [4.69, 9.17) is 0 Å². The van der Waals surface area contributed by atoms with Crippen LogP contribution >= 0.6 is 22.6 Å². The van der Waals surface area contributed by atoms with Crippen molar-refractivity contribution in [1.29, 1.82) is 0 Å². The summed E-state index contributed by atoms with van der Waals surface area (Å²) in [5, 5.41) is 25.4. The summed E-state index contributed by atoms with van der Waals surface area (Å²) >= 11 is 2.19. The van der Waals surface area contributed by atoms with Crippen molar-refractivity contribution < 1.29 is 14.8 Å². The minimum absolute atomic E-state index is 0.145. The highest BCUT2D eigenvalue weighted by atomic mass is 127. The molecule has 0 aliphatic rings. The van der Waals surface area contributed by atoms with Gasteiger partial charge in [-0.3, -0.25) is 10.1 Å². The van der Waals surface area contributed by atoms with Crippen molar-refractivity contribution in [3.05, 3.63) is 73.8 Å². The van der Waals surface area contributed by atoms with Gasteiger partial charge in [0.2, 0.25) is 0 Å². The number of carboxylic acids is 1. The number of aromatic carboxylic acids is 1. The lowest BCUT2D eigenvalue weighted by Crippen LogP contribution is -2.04. The summed E-state index contributed by atoms with van der Waals surface area (Å²) in [6.07, 6.45) is 0. The zero-order valence-corrected chi connectivity index (χ0v) is 14.4. The number of nitrogens with zero attached hydrogens (tertiary/aromatic N) is 1. The van der Waals surface area contributed by atoms with Crippen LogP contribution < -0.4 is 5.32 Å². The highest BCUT2D eigenvalue weighted by molar-refractivity contribution is 14.1. The summed E-state index contributed by atoms with van der Waals surface area (Å²) in [6, 6.07) is 15.4. The van der Waals surface area contributed by atoms with Crippen LogP contribution in [0.3, 0.4) is 0 Å². The van der Waals surface area contributed by atoms with Crippen molar-refractivity contribution in [2.45, 2.75) is 0 Å². The first-order chi connectivity index (χ1) is 11.5. The second-order valence-corrected chi connectivity index (χ2v) is 6.14. The van der Waals surface area contributed by atoms with Crippen molar-refractivity contribution in [3.63, 3.8) is 0 Å². The van der Waals surface area contributed by atoms with E-state index in [1.165, 1.54) is 12.1 Å². The molecule has 3 aromatic rings. The van der Waals surface area contributed by atoms with Crippen LogP contribution in [0, 0.1) is 13.7 Å². The predicted molar refractivity (Wildman–Crippen MR) is 100 cm³/mol. The molecule has 0 radical (unpaired) electrons. The number of hydrogen-bond donors (Lipinski definition) is 2. The van der Waals surface area contributed by atoms with Gasteiger partial charge in [0, 0.05) is 15.7 Å². The monoisotopic (exact) mass is 434 g/mol. The number of benzene rings is 3. The van der Waals surface area contributed by atoms with Crippen molar-refractivity contribution >= 4 is 56.4 Å². The van der Waals surface area contributed by atoms with E-state index in [9.17, 15) is 20.0 Å². The molecule has 2 N–H and O–H groups in total. The topological polar surface area (TPSA) is 92.5 Å². The Morgan fingerprint density at radius 3 is 2.50 bits per heavy atom. The third-order valence-electron chi connectivity index (χ3n) is 3.58. The standard InChI is InChI=1S/C17H11IN2O4/c18-16-12-4-2-1-3-10(12)5-7-15(16)19-14-8-6-11(20(23)24)9-13(14)17(21)22/h1-9,19H,(H,21,22). The first-order valence-electron chi connectivity index (χ1n) is 6.93. The molecule has 24 heavy (non-hydrogen) atoms. The maximum Gasteiger partial charge on any atom is 0.338 e. The molecule has 0 aliphatic carbocycles. The molecule has 0 aliphatic heterocycles. The van der Waals surface area contributed by atoms with E-state index in [1.54, 1.807) is 0 Å². The van der Waals surface area contributed by atoms with Crippen molar-refractivity contribution in [3.8, 4) is 0 Å². The first-order valence-corrected chi connectivity index (χ1v) is 8.01. The van der Waals surface area contributed by atoms with Crippen LogP contribution in [0.4, 0.5) is 17.1 Å². The van der Waals surface area contributed by atoms with Gasteiger partial charge in [0.25, 0.3) is 5.69 Å². The highest BCUT2D eigenvalue weighted by Crippen LogP contribution is 2.32. The third-order valence-corrected chi connectivity index (χ3v) is 4.74. The molecule has 0 aromatic heterocycles. The lowest BCUT2D eigenvalue weighted by molar-refractivity contribution is -0.384. The summed E-state index contributed by atoms with van der Waals surface area (Å²) in [6.45, 7) is 0. The number of nitro benzene ring substituents is 1. The minimum Gasteiger partial charge on any atom is -0.478 e. The number of carboxylic acid groups (broad SMARTS) is 1. The molecule has 3 aromatic carbocycles. The van der Waals surface area contributed by atoms with Gasteiger partial charge in [0.05, 0.1) is 21.9 Å². The Labute approximate surface area is 150 Å². The highest BCUT2D eigenvalue weighted by Gasteiger charge is 2.17. The number of hydrogen-bond acceptors (Lipinski definition) is 4. The zero-order valence-electron chi connectivity index (χ0n) is 12.2. The Morgan fingerprint density at radius 2 is 1.79 bits per heavy atom. The molecule has 0 saturated carbocycles. The van der Waals surface area contributed by atoms with Gasteiger partial charge in [-0.15, -0.1) is 0 Å². The van der Waals surface area contributed by atoms with Gasteiger partial charge in [-0.2, -0.15) is 0 Å². The van der Waals surface area contributed by atoms with Gasteiger partial charge in [-0.1, -0.05) is 30.3 Å². The fraction of sp³-hybridized carbons (Fsp3) is 0. The maximum atomic E-state index is 11.4.